The molecular formula is C8H16O4. The normalized spacial score (nSPS) is 15.6. The Balaban J connectivity index is 3.32. The van der Waals surface area contributed by atoms with Crippen LogP contribution in [0.4, 0.5) is 0 Å². The molecule has 0 aromatic heterocycles. The molecule has 4 heteroatoms. The Labute approximate surface area is 72.1 Å². The summed E-state index contributed by atoms with van der Waals surface area (Å²) in [5.41, 5.74) is 0. The Bertz CT molecular complexity index is 116. The van der Waals surface area contributed by atoms with Crippen LogP contribution in [-0.4, -0.2) is 47.3 Å². The molecule has 72 valence electrons. The molecule has 0 aromatic rings. The number of ether oxygens (including phenoxy) is 1. The van der Waals surface area contributed by atoms with Crippen molar-refractivity contribution in [1.29, 1.82) is 0 Å². The van der Waals surface area contributed by atoms with Crippen molar-refractivity contribution in [3.05, 3.63) is 12.7 Å². The molecule has 0 amide bonds. The van der Waals surface area contributed by atoms with Crippen LogP contribution in [0, 0.1) is 0 Å². The first-order chi connectivity index (χ1) is 5.70. The van der Waals surface area contributed by atoms with Crippen molar-refractivity contribution in [2.45, 2.75) is 18.6 Å². The van der Waals surface area contributed by atoms with Crippen molar-refractivity contribution in [3.8, 4) is 0 Å². The Morgan fingerprint density at radius 2 is 2.00 bits per heavy atom. The highest BCUT2D eigenvalue weighted by Crippen LogP contribution is 1.98. The van der Waals surface area contributed by atoms with Crippen LogP contribution in [0.2, 0.25) is 0 Å². The van der Waals surface area contributed by atoms with Crippen LogP contribution < -0.4 is 0 Å². The molecule has 3 N–H and O–H groups in total. The number of rotatable bonds is 7. The lowest BCUT2D eigenvalue weighted by molar-refractivity contribution is 0.0000394. The molecular weight excluding hydrogens is 160 g/mol. The summed E-state index contributed by atoms with van der Waals surface area (Å²) in [4.78, 5) is 0. The molecule has 4 nitrogen and oxygen atoms in total. The van der Waals surface area contributed by atoms with Crippen molar-refractivity contribution < 1.29 is 20.1 Å². The van der Waals surface area contributed by atoms with Crippen molar-refractivity contribution >= 4 is 0 Å². The average Bonchev–Trinajstić information content (AvgIpc) is 2.05. The van der Waals surface area contributed by atoms with Crippen LogP contribution in [0.25, 0.3) is 0 Å². The highest BCUT2D eigenvalue weighted by Gasteiger charge is 2.10. The molecule has 0 aliphatic rings. The fraction of sp³-hybridized carbons (Fsp3) is 0.750. The van der Waals surface area contributed by atoms with Crippen molar-refractivity contribution in [1.82, 2.24) is 0 Å². The minimum absolute atomic E-state index is 0.133. The van der Waals surface area contributed by atoms with E-state index in [0.717, 1.165) is 0 Å². The summed E-state index contributed by atoms with van der Waals surface area (Å²) in [6.07, 6.45) is 0.113. The molecule has 0 aromatic carbocycles. The van der Waals surface area contributed by atoms with E-state index >= 15 is 0 Å². The zero-order chi connectivity index (χ0) is 9.40. The first-order valence-electron chi connectivity index (χ1n) is 3.86. The number of hydrogen-bond donors (Lipinski definition) is 3. The van der Waals surface area contributed by atoms with E-state index in [9.17, 15) is 0 Å². The zero-order valence-electron chi connectivity index (χ0n) is 7.02. The highest BCUT2D eigenvalue weighted by atomic mass is 16.5. The number of aliphatic hydroxyl groups is 3. The molecule has 0 bridgehead atoms. The molecule has 0 aliphatic heterocycles. The summed E-state index contributed by atoms with van der Waals surface area (Å²) in [5, 5.41) is 26.5. The second kappa shape index (κ2) is 7.24. The Morgan fingerprint density at radius 3 is 2.50 bits per heavy atom. The summed E-state index contributed by atoms with van der Waals surface area (Å²) >= 11 is 0. The van der Waals surface area contributed by atoms with Crippen LogP contribution in [0.15, 0.2) is 12.7 Å². The van der Waals surface area contributed by atoms with Gasteiger partial charge >= 0.3 is 0 Å². The monoisotopic (exact) mass is 176 g/mol. The van der Waals surface area contributed by atoms with Gasteiger partial charge in [-0.3, -0.25) is 0 Å². The molecule has 0 heterocycles. The van der Waals surface area contributed by atoms with Crippen LogP contribution in [0.5, 0.6) is 0 Å². The minimum atomic E-state index is -0.868. The molecule has 0 saturated carbocycles. The zero-order valence-corrected chi connectivity index (χ0v) is 7.02. The smallest absolute Gasteiger partial charge is 0.0799 e. The fourth-order valence-corrected chi connectivity index (χ4v) is 0.744. The van der Waals surface area contributed by atoms with E-state index in [0.29, 0.717) is 6.61 Å². The second-order valence-corrected chi connectivity index (χ2v) is 2.55. The van der Waals surface area contributed by atoms with E-state index in [1.807, 2.05) is 0 Å². The predicted molar refractivity (Wildman–Crippen MR) is 44.7 cm³/mol. The van der Waals surface area contributed by atoms with Gasteiger partial charge in [-0.1, -0.05) is 6.08 Å². The predicted octanol–water partition coefficient (Wildman–Crippen LogP) is -0.707. The summed E-state index contributed by atoms with van der Waals surface area (Å²) in [6.45, 7) is 3.64. The summed E-state index contributed by atoms with van der Waals surface area (Å²) in [5.74, 6) is 0. The molecule has 0 radical (unpaired) electrons. The van der Waals surface area contributed by atoms with E-state index in [1.165, 1.54) is 0 Å². The van der Waals surface area contributed by atoms with Gasteiger partial charge in [-0.05, 0) is 0 Å². The maximum atomic E-state index is 9.15. The minimum Gasteiger partial charge on any atom is -0.394 e. The van der Waals surface area contributed by atoms with Gasteiger partial charge in [0.2, 0.25) is 0 Å². The summed E-state index contributed by atoms with van der Waals surface area (Å²) < 4.78 is 4.93. The SMILES string of the molecule is C=CCOCC(O)CC(O)CO. The third-order valence-electron chi connectivity index (χ3n) is 1.30. The molecule has 0 saturated heterocycles. The molecule has 0 spiro atoms. The lowest BCUT2D eigenvalue weighted by Crippen LogP contribution is -2.24. The highest BCUT2D eigenvalue weighted by molar-refractivity contribution is 4.66. The first-order valence-corrected chi connectivity index (χ1v) is 3.86. The van der Waals surface area contributed by atoms with Gasteiger partial charge < -0.3 is 20.1 Å². The van der Waals surface area contributed by atoms with Gasteiger partial charge in [0.1, 0.15) is 0 Å². The van der Waals surface area contributed by atoms with Gasteiger partial charge in [0.05, 0.1) is 32.0 Å². The van der Waals surface area contributed by atoms with Gasteiger partial charge in [-0.15, -0.1) is 6.58 Å². The van der Waals surface area contributed by atoms with Crippen LogP contribution >= 0.6 is 0 Å². The lowest BCUT2D eigenvalue weighted by atomic mass is 10.2. The van der Waals surface area contributed by atoms with Gasteiger partial charge in [0, 0.05) is 6.42 Å². The van der Waals surface area contributed by atoms with Crippen LogP contribution in [0.1, 0.15) is 6.42 Å². The van der Waals surface area contributed by atoms with Gasteiger partial charge in [-0.2, -0.15) is 0 Å². The third kappa shape index (κ3) is 6.30. The van der Waals surface area contributed by atoms with E-state index < -0.39 is 12.2 Å². The van der Waals surface area contributed by atoms with Crippen molar-refractivity contribution in [2.75, 3.05) is 19.8 Å². The van der Waals surface area contributed by atoms with E-state index in [1.54, 1.807) is 6.08 Å². The van der Waals surface area contributed by atoms with Crippen molar-refractivity contribution in [3.63, 3.8) is 0 Å². The maximum Gasteiger partial charge on any atom is 0.0799 e. The Kier molecular flexibility index (Phi) is 6.99. The van der Waals surface area contributed by atoms with Gasteiger partial charge in [0.15, 0.2) is 0 Å². The molecule has 0 rings (SSSR count). The quantitative estimate of drug-likeness (QED) is 0.354. The average molecular weight is 176 g/mol. The number of hydrogen-bond acceptors (Lipinski definition) is 4. The third-order valence-corrected chi connectivity index (χ3v) is 1.30. The standard InChI is InChI=1S/C8H16O4/c1-2-3-12-6-8(11)4-7(10)5-9/h2,7-11H,1,3-6H2. The molecule has 12 heavy (non-hydrogen) atoms. The fourth-order valence-electron chi connectivity index (χ4n) is 0.744. The van der Waals surface area contributed by atoms with E-state index in [4.69, 9.17) is 20.1 Å². The summed E-state index contributed by atoms with van der Waals surface area (Å²) in [6, 6.07) is 0. The Hall–Kier alpha value is -0.420. The Morgan fingerprint density at radius 1 is 1.33 bits per heavy atom. The largest absolute Gasteiger partial charge is 0.394 e. The topological polar surface area (TPSA) is 69.9 Å². The van der Waals surface area contributed by atoms with E-state index in [-0.39, 0.29) is 19.6 Å². The summed E-state index contributed by atoms with van der Waals surface area (Å²) in [7, 11) is 0. The maximum absolute atomic E-state index is 9.15. The molecule has 2 atom stereocenters. The molecule has 0 aliphatic carbocycles. The second-order valence-electron chi connectivity index (χ2n) is 2.55. The van der Waals surface area contributed by atoms with Gasteiger partial charge in [0.25, 0.3) is 0 Å². The lowest BCUT2D eigenvalue weighted by Gasteiger charge is -2.13. The van der Waals surface area contributed by atoms with Gasteiger partial charge in [-0.25, -0.2) is 0 Å². The van der Waals surface area contributed by atoms with Crippen LogP contribution in [0.3, 0.4) is 0 Å². The molecule has 0 fully saturated rings. The van der Waals surface area contributed by atoms with Crippen molar-refractivity contribution in [2.24, 2.45) is 0 Å². The first kappa shape index (κ1) is 11.6. The molecule has 2 unspecified atom stereocenters. The van der Waals surface area contributed by atoms with Crippen LogP contribution in [-0.2, 0) is 4.74 Å². The van der Waals surface area contributed by atoms with E-state index in [2.05, 4.69) is 6.58 Å². The number of aliphatic hydroxyl groups excluding tert-OH is 3.